The lowest BCUT2D eigenvalue weighted by molar-refractivity contribution is -0.911. The summed E-state index contributed by atoms with van der Waals surface area (Å²) in [5.41, 5.74) is 1.63. The molecular formula is C17H27N4O3+. The summed E-state index contributed by atoms with van der Waals surface area (Å²) in [7, 11) is 0. The maximum atomic E-state index is 12.2. The summed E-state index contributed by atoms with van der Waals surface area (Å²) in [4.78, 5) is 20.6. The molecule has 1 atom stereocenters. The highest BCUT2D eigenvalue weighted by atomic mass is 16.6. The van der Waals surface area contributed by atoms with E-state index in [2.05, 4.69) is 16.8 Å². The second kappa shape index (κ2) is 6.11. The number of piperazine rings is 1. The molecule has 2 heterocycles. The average molecular weight is 335 g/mol. The number of amides is 1. The minimum absolute atomic E-state index is 0.255. The highest BCUT2D eigenvalue weighted by molar-refractivity contribution is 5.68. The lowest BCUT2D eigenvalue weighted by Gasteiger charge is -2.35. The average Bonchev–Trinajstić information content (AvgIpc) is 2.90. The number of aromatic nitrogens is 2. The van der Waals surface area contributed by atoms with E-state index in [4.69, 9.17) is 4.74 Å². The van der Waals surface area contributed by atoms with Gasteiger partial charge in [-0.05, 0) is 38.1 Å². The van der Waals surface area contributed by atoms with Crippen LogP contribution in [-0.2, 0) is 11.2 Å². The SMILES string of the molecule is C[C@@H]1CCc2c1c(N1CCN(C(=O)OC(C)(C)C)CC1)nc[n+]2O. The van der Waals surface area contributed by atoms with Crippen molar-refractivity contribution in [2.24, 2.45) is 0 Å². The molecule has 7 nitrogen and oxygen atoms in total. The third kappa shape index (κ3) is 3.25. The summed E-state index contributed by atoms with van der Waals surface area (Å²) < 4.78 is 6.59. The zero-order chi connectivity index (χ0) is 17.5. The summed E-state index contributed by atoms with van der Waals surface area (Å²) in [5.74, 6) is 1.34. The van der Waals surface area contributed by atoms with Crippen LogP contribution in [0.3, 0.4) is 0 Å². The molecule has 0 unspecified atom stereocenters. The van der Waals surface area contributed by atoms with Crippen molar-refractivity contribution >= 4 is 11.9 Å². The van der Waals surface area contributed by atoms with Gasteiger partial charge < -0.3 is 19.7 Å². The van der Waals surface area contributed by atoms with E-state index in [9.17, 15) is 10.0 Å². The lowest BCUT2D eigenvalue weighted by atomic mass is 10.1. The zero-order valence-electron chi connectivity index (χ0n) is 14.9. The molecule has 132 valence electrons. The first-order chi connectivity index (χ1) is 11.3. The van der Waals surface area contributed by atoms with Crippen molar-refractivity contribution in [1.29, 1.82) is 0 Å². The minimum Gasteiger partial charge on any atom is -0.444 e. The van der Waals surface area contributed by atoms with Crippen LogP contribution >= 0.6 is 0 Å². The second-order valence-electron chi connectivity index (χ2n) is 7.67. The topological polar surface area (TPSA) is 69.8 Å². The Hall–Kier alpha value is -2.05. The summed E-state index contributed by atoms with van der Waals surface area (Å²) in [6.07, 6.45) is 3.13. The van der Waals surface area contributed by atoms with Crippen molar-refractivity contribution in [2.45, 2.75) is 52.1 Å². The van der Waals surface area contributed by atoms with Crippen LogP contribution in [0.2, 0.25) is 0 Å². The Bertz CT molecular complexity index is 633. The molecule has 0 bridgehead atoms. The molecule has 1 aromatic heterocycles. The van der Waals surface area contributed by atoms with Gasteiger partial charge in [-0.2, -0.15) is 0 Å². The minimum atomic E-state index is -0.472. The van der Waals surface area contributed by atoms with Gasteiger partial charge in [-0.3, -0.25) is 0 Å². The van der Waals surface area contributed by atoms with Crippen molar-refractivity contribution in [3.8, 4) is 0 Å². The Kier molecular flexibility index (Phi) is 4.27. The quantitative estimate of drug-likeness (QED) is 0.625. The molecule has 3 rings (SSSR count). The van der Waals surface area contributed by atoms with Crippen LogP contribution in [0, 0.1) is 0 Å². The molecule has 1 N–H and O–H groups in total. The van der Waals surface area contributed by atoms with Gasteiger partial charge in [-0.1, -0.05) is 11.7 Å². The maximum absolute atomic E-state index is 12.2. The summed E-state index contributed by atoms with van der Waals surface area (Å²) in [6.45, 7) is 10.5. The first kappa shape index (κ1) is 16.8. The van der Waals surface area contributed by atoms with Gasteiger partial charge in [0.1, 0.15) is 5.60 Å². The third-order valence-electron chi connectivity index (χ3n) is 4.66. The predicted molar refractivity (Wildman–Crippen MR) is 88.4 cm³/mol. The predicted octanol–water partition coefficient (Wildman–Crippen LogP) is 1.71. The monoisotopic (exact) mass is 335 g/mol. The molecule has 1 aliphatic heterocycles. The number of hydrogen-bond acceptors (Lipinski definition) is 5. The Morgan fingerprint density at radius 3 is 2.62 bits per heavy atom. The molecule has 1 fully saturated rings. The van der Waals surface area contributed by atoms with Crippen LogP contribution in [-0.4, -0.2) is 53.0 Å². The van der Waals surface area contributed by atoms with Gasteiger partial charge in [0.05, 0.1) is 5.56 Å². The van der Waals surface area contributed by atoms with E-state index in [1.165, 1.54) is 6.33 Å². The van der Waals surface area contributed by atoms with E-state index < -0.39 is 5.60 Å². The molecule has 24 heavy (non-hydrogen) atoms. The first-order valence-corrected chi connectivity index (χ1v) is 8.62. The highest BCUT2D eigenvalue weighted by Crippen LogP contribution is 2.36. The van der Waals surface area contributed by atoms with Gasteiger partial charge in [0.15, 0.2) is 5.69 Å². The van der Waals surface area contributed by atoms with Crippen molar-refractivity contribution in [3.05, 3.63) is 17.6 Å². The fraction of sp³-hybridized carbons (Fsp3) is 0.706. The molecule has 0 radical (unpaired) electrons. The van der Waals surface area contributed by atoms with Crippen LogP contribution in [0.1, 0.15) is 51.3 Å². The van der Waals surface area contributed by atoms with Gasteiger partial charge in [0.2, 0.25) is 0 Å². The van der Waals surface area contributed by atoms with E-state index in [1.54, 1.807) is 4.90 Å². The molecular weight excluding hydrogens is 308 g/mol. The summed E-state index contributed by atoms with van der Waals surface area (Å²) in [6, 6.07) is 0. The van der Waals surface area contributed by atoms with Gasteiger partial charge in [0, 0.05) is 32.6 Å². The standard InChI is InChI=1S/C17H27N4O3/c1-12-5-6-13-14(12)15(18-11-21(13)23)19-7-9-20(10-8-19)16(22)24-17(2,3)4/h11-12,23H,5-10H2,1-4H3/q+1/t12-/m1/s1. The van der Waals surface area contributed by atoms with Crippen molar-refractivity contribution in [2.75, 3.05) is 31.1 Å². The van der Waals surface area contributed by atoms with Crippen LogP contribution in [0.15, 0.2) is 6.33 Å². The van der Waals surface area contributed by atoms with Gasteiger partial charge in [0.25, 0.3) is 5.82 Å². The van der Waals surface area contributed by atoms with E-state index in [-0.39, 0.29) is 6.09 Å². The van der Waals surface area contributed by atoms with Gasteiger partial charge in [-0.25, -0.2) is 4.79 Å². The van der Waals surface area contributed by atoms with Crippen molar-refractivity contribution in [1.82, 2.24) is 9.88 Å². The smallest absolute Gasteiger partial charge is 0.410 e. The fourth-order valence-electron chi connectivity index (χ4n) is 3.43. The maximum Gasteiger partial charge on any atom is 0.410 e. The Morgan fingerprint density at radius 1 is 1.33 bits per heavy atom. The van der Waals surface area contributed by atoms with E-state index in [0.29, 0.717) is 19.0 Å². The Balaban J connectivity index is 1.70. The number of rotatable bonds is 1. The molecule has 1 aliphatic carbocycles. The number of ether oxygens (including phenoxy) is 1. The molecule has 2 aliphatic rings. The number of hydrogen-bond donors (Lipinski definition) is 1. The van der Waals surface area contributed by atoms with E-state index in [1.807, 2.05) is 20.8 Å². The number of carbonyl (C=O) groups excluding carboxylic acids is 1. The van der Waals surface area contributed by atoms with Crippen LogP contribution < -0.4 is 9.63 Å². The molecule has 1 aromatic rings. The highest BCUT2D eigenvalue weighted by Gasteiger charge is 2.35. The molecule has 0 aromatic carbocycles. The van der Waals surface area contributed by atoms with Crippen LogP contribution in [0.4, 0.5) is 10.6 Å². The summed E-state index contributed by atoms with van der Waals surface area (Å²) >= 11 is 0. The number of carbonyl (C=O) groups is 1. The third-order valence-corrected chi connectivity index (χ3v) is 4.66. The van der Waals surface area contributed by atoms with Crippen molar-refractivity contribution < 1.29 is 19.5 Å². The number of nitrogens with zero attached hydrogens (tertiary/aromatic N) is 4. The summed E-state index contributed by atoms with van der Waals surface area (Å²) in [5, 5.41) is 9.96. The lowest BCUT2D eigenvalue weighted by Crippen LogP contribution is -2.51. The van der Waals surface area contributed by atoms with E-state index in [0.717, 1.165) is 47.7 Å². The van der Waals surface area contributed by atoms with Crippen LogP contribution in [0.25, 0.3) is 0 Å². The molecule has 1 saturated heterocycles. The molecule has 0 spiro atoms. The first-order valence-electron chi connectivity index (χ1n) is 8.62. The number of anilines is 1. The van der Waals surface area contributed by atoms with Crippen molar-refractivity contribution in [3.63, 3.8) is 0 Å². The number of fused-ring (bicyclic) bond motifs is 1. The molecule has 7 heteroatoms. The van der Waals surface area contributed by atoms with Gasteiger partial charge in [-0.15, -0.1) is 0 Å². The molecule has 1 amide bonds. The van der Waals surface area contributed by atoms with Gasteiger partial charge >= 0.3 is 12.4 Å². The Morgan fingerprint density at radius 2 is 2.00 bits per heavy atom. The Labute approximate surface area is 142 Å². The normalized spacial score (nSPS) is 20.9. The second-order valence-corrected chi connectivity index (χ2v) is 7.67. The van der Waals surface area contributed by atoms with E-state index >= 15 is 0 Å². The zero-order valence-corrected chi connectivity index (χ0v) is 14.9. The fourth-order valence-corrected chi connectivity index (χ4v) is 3.43. The molecule has 0 saturated carbocycles. The van der Waals surface area contributed by atoms with Crippen LogP contribution in [0.5, 0.6) is 0 Å². The largest absolute Gasteiger partial charge is 0.444 e.